The van der Waals surface area contributed by atoms with Crippen LogP contribution in [0.25, 0.3) is 0 Å². The van der Waals surface area contributed by atoms with Crippen molar-refractivity contribution in [2.75, 3.05) is 20.2 Å². The molecule has 1 N–H and O–H groups in total. The van der Waals surface area contributed by atoms with Crippen LogP contribution < -0.4 is 0 Å². The van der Waals surface area contributed by atoms with Crippen molar-refractivity contribution in [3.8, 4) is 6.07 Å². The van der Waals surface area contributed by atoms with Crippen LogP contribution in [0.3, 0.4) is 0 Å². The highest BCUT2D eigenvalue weighted by Gasteiger charge is 2.21. The van der Waals surface area contributed by atoms with Crippen LogP contribution in [0, 0.1) is 17.1 Å². The first-order valence-corrected chi connectivity index (χ1v) is 6.14. The molecule has 0 unspecified atom stereocenters. The maximum atomic E-state index is 13.0. The maximum absolute atomic E-state index is 13.0. The zero-order valence-electron chi connectivity index (χ0n) is 9.09. The molecule has 0 aromatic heterocycles. The van der Waals surface area contributed by atoms with Gasteiger partial charge in [-0.2, -0.15) is 9.57 Å². The smallest absolute Gasteiger partial charge is 0.242 e. The minimum atomic E-state index is -3.79. The van der Waals surface area contributed by atoms with E-state index in [-0.39, 0.29) is 23.6 Å². The number of rotatable bonds is 4. The highest BCUT2D eigenvalue weighted by Crippen LogP contribution is 2.17. The summed E-state index contributed by atoms with van der Waals surface area (Å²) in [6.45, 7) is -0.385. The third-order valence-corrected chi connectivity index (χ3v) is 4.03. The number of halogens is 1. The predicted octanol–water partition coefficient (Wildman–Crippen LogP) is 0.310. The van der Waals surface area contributed by atoms with Gasteiger partial charge in [0, 0.05) is 13.6 Å². The lowest BCUT2D eigenvalue weighted by molar-refractivity contribution is 0.266. The molecule has 1 rings (SSSR count). The van der Waals surface area contributed by atoms with Gasteiger partial charge in [0.15, 0.2) is 0 Å². The largest absolute Gasteiger partial charge is 0.395 e. The second kappa shape index (κ2) is 5.23. The van der Waals surface area contributed by atoms with Crippen molar-refractivity contribution in [1.82, 2.24) is 4.31 Å². The number of hydrogen-bond acceptors (Lipinski definition) is 4. The maximum Gasteiger partial charge on any atom is 0.242 e. The summed E-state index contributed by atoms with van der Waals surface area (Å²) >= 11 is 0. The first-order valence-electron chi connectivity index (χ1n) is 4.70. The van der Waals surface area contributed by atoms with Gasteiger partial charge in [-0.05, 0) is 18.2 Å². The lowest BCUT2D eigenvalue weighted by Gasteiger charge is -2.15. The van der Waals surface area contributed by atoms with Crippen LogP contribution in [0.1, 0.15) is 5.56 Å². The van der Waals surface area contributed by atoms with Gasteiger partial charge in [-0.3, -0.25) is 0 Å². The number of nitriles is 1. The molecule has 0 saturated heterocycles. The summed E-state index contributed by atoms with van der Waals surface area (Å²) in [4.78, 5) is -0.175. The fraction of sp³-hybridized carbons (Fsp3) is 0.300. The number of hydrogen-bond donors (Lipinski definition) is 1. The Kier molecular flexibility index (Phi) is 4.17. The lowest BCUT2D eigenvalue weighted by Crippen LogP contribution is -2.29. The SMILES string of the molecule is CN(CCO)S(=O)(=O)c1ccc(F)c(C#N)c1. The molecule has 0 atom stereocenters. The van der Waals surface area contributed by atoms with E-state index in [1.54, 1.807) is 6.07 Å². The summed E-state index contributed by atoms with van der Waals surface area (Å²) in [5.74, 6) is -0.767. The second-order valence-electron chi connectivity index (χ2n) is 3.30. The predicted molar refractivity (Wildman–Crippen MR) is 58.0 cm³/mol. The Balaban J connectivity index is 3.21. The van der Waals surface area contributed by atoms with E-state index in [9.17, 15) is 12.8 Å². The van der Waals surface area contributed by atoms with Crippen molar-refractivity contribution in [3.63, 3.8) is 0 Å². The van der Waals surface area contributed by atoms with E-state index < -0.39 is 15.8 Å². The number of benzene rings is 1. The Morgan fingerprint density at radius 1 is 1.53 bits per heavy atom. The first-order chi connectivity index (χ1) is 7.93. The third kappa shape index (κ3) is 2.79. The van der Waals surface area contributed by atoms with Crippen LogP contribution in [0.2, 0.25) is 0 Å². The zero-order chi connectivity index (χ0) is 13.1. The van der Waals surface area contributed by atoms with E-state index in [0.717, 1.165) is 22.5 Å². The molecule has 0 aliphatic heterocycles. The monoisotopic (exact) mass is 258 g/mol. The summed E-state index contributed by atoms with van der Waals surface area (Å²) in [6.07, 6.45) is 0. The van der Waals surface area contributed by atoms with Crippen molar-refractivity contribution in [2.24, 2.45) is 0 Å². The molecule has 0 heterocycles. The Morgan fingerprint density at radius 2 is 2.18 bits per heavy atom. The van der Waals surface area contributed by atoms with Gasteiger partial charge in [0.05, 0.1) is 17.1 Å². The first kappa shape index (κ1) is 13.6. The van der Waals surface area contributed by atoms with Gasteiger partial charge >= 0.3 is 0 Å². The molecule has 0 bridgehead atoms. The molecule has 0 aliphatic carbocycles. The van der Waals surface area contributed by atoms with E-state index in [1.165, 1.54) is 7.05 Å². The van der Waals surface area contributed by atoms with Crippen molar-refractivity contribution in [3.05, 3.63) is 29.6 Å². The van der Waals surface area contributed by atoms with Crippen molar-refractivity contribution in [2.45, 2.75) is 4.90 Å². The van der Waals surface area contributed by atoms with E-state index in [2.05, 4.69) is 0 Å². The molecule has 0 fully saturated rings. The third-order valence-electron chi connectivity index (χ3n) is 2.18. The molecule has 0 aliphatic rings. The number of sulfonamides is 1. The van der Waals surface area contributed by atoms with Crippen LogP contribution in [0.4, 0.5) is 4.39 Å². The molecule has 92 valence electrons. The highest BCUT2D eigenvalue weighted by atomic mass is 32.2. The summed E-state index contributed by atoms with van der Waals surface area (Å²) < 4.78 is 37.7. The Morgan fingerprint density at radius 3 is 2.71 bits per heavy atom. The van der Waals surface area contributed by atoms with Gasteiger partial charge < -0.3 is 5.11 Å². The van der Waals surface area contributed by atoms with Gasteiger partial charge in [-0.1, -0.05) is 0 Å². The average Bonchev–Trinajstić information content (AvgIpc) is 2.29. The lowest BCUT2D eigenvalue weighted by atomic mass is 10.2. The fourth-order valence-corrected chi connectivity index (χ4v) is 2.38. The van der Waals surface area contributed by atoms with Gasteiger partial charge in [-0.25, -0.2) is 12.8 Å². The average molecular weight is 258 g/mol. The van der Waals surface area contributed by atoms with Crippen LogP contribution in [-0.2, 0) is 10.0 Å². The molecule has 1 aromatic carbocycles. The van der Waals surface area contributed by atoms with Gasteiger partial charge in [0.25, 0.3) is 0 Å². The number of likely N-dealkylation sites (N-methyl/N-ethyl adjacent to an activating group) is 1. The molecule has 0 spiro atoms. The summed E-state index contributed by atoms with van der Waals surface area (Å²) in [6, 6.07) is 4.55. The number of aliphatic hydroxyl groups excluding tert-OH is 1. The fourth-order valence-electron chi connectivity index (χ4n) is 1.19. The summed E-state index contributed by atoms with van der Waals surface area (Å²) in [5.41, 5.74) is -0.330. The van der Waals surface area contributed by atoms with Gasteiger partial charge in [0.2, 0.25) is 10.0 Å². The molecule has 1 aromatic rings. The quantitative estimate of drug-likeness (QED) is 0.842. The van der Waals surface area contributed by atoms with Crippen LogP contribution in [-0.4, -0.2) is 38.0 Å². The topological polar surface area (TPSA) is 81.4 Å². The number of aliphatic hydroxyl groups is 1. The Bertz CT molecular complexity index is 551. The molecule has 7 heteroatoms. The van der Waals surface area contributed by atoms with E-state index in [0.29, 0.717) is 0 Å². The van der Waals surface area contributed by atoms with Crippen LogP contribution >= 0.6 is 0 Å². The molecule has 0 radical (unpaired) electrons. The molecular formula is C10H11FN2O3S. The van der Waals surface area contributed by atoms with E-state index >= 15 is 0 Å². The van der Waals surface area contributed by atoms with Crippen molar-refractivity contribution >= 4 is 10.0 Å². The summed E-state index contributed by atoms with van der Waals surface area (Å²) in [7, 11) is -2.50. The zero-order valence-corrected chi connectivity index (χ0v) is 9.91. The molecule has 5 nitrogen and oxygen atoms in total. The summed E-state index contributed by atoms with van der Waals surface area (Å²) in [5, 5.41) is 17.3. The van der Waals surface area contributed by atoms with Crippen LogP contribution in [0.5, 0.6) is 0 Å². The molecule has 17 heavy (non-hydrogen) atoms. The number of nitrogens with zero attached hydrogens (tertiary/aromatic N) is 2. The van der Waals surface area contributed by atoms with Gasteiger partial charge in [-0.15, -0.1) is 0 Å². The standard InChI is InChI=1S/C10H11FN2O3S/c1-13(4-5-14)17(15,16)9-2-3-10(11)8(6-9)7-12/h2-3,6,14H,4-5H2,1H3. The Hall–Kier alpha value is -1.49. The second-order valence-corrected chi connectivity index (χ2v) is 5.35. The van der Waals surface area contributed by atoms with E-state index in [1.807, 2.05) is 0 Å². The van der Waals surface area contributed by atoms with Crippen molar-refractivity contribution in [1.29, 1.82) is 5.26 Å². The van der Waals surface area contributed by atoms with E-state index in [4.69, 9.17) is 10.4 Å². The van der Waals surface area contributed by atoms with Gasteiger partial charge in [0.1, 0.15) is 11.9 Å². The minimum Gasteiger partial charge on any atom is -0.395 e. The molecule has 0 amide bonds. The molecular weight excluding hydrogens is 247 g/mol. The highest BCUT2D eigenvalue weighted by molar-refractivity contribution is 7.89. The van der Waals surface area contributed by atoms with Crippen molar-refractivity contribution < 1.29 is 17.9 Å². The Labute approximate surface area is 98.8 Å². The minimum absolute atomic E-state index is 0.0679. The normalized spacial score (nSPS) is 11.5. The molecule has 0 saturated carbocycles. The van der Waals surface area contributed by atoms with Crippen LogP contribution in [0.15, 0.2) is 23.1 Å².